The number of nitrogens with zero attached hydrogens (tertiary/aromatic N) is 1. The van der Waals surface area contributed by atoms with Crippen molar-refractivity contribution in [3.8, 4) is 0 Å². The van der Waals surface area contributed by atoms with Crippen LogP contribution in [-0.4, -0.2) is 47.8 Å². The Bertz CT molecular complexity index is 1270. The monoisotopic (exact) mass is 589 g/mol. The van der Waals surface area contributed by atoms with Crippen LogP contribution in [0.25, 0.3) is 0 Å². The topological polar surface area (TPSA) is 68.2 Å². The number of carbonyl (C=O) groups excluding carboxylic acids is 1. The van der Waals surface area contributed by atoms with Gasteiger partial charge in [-0.15, -0.1) is 0 Å². The van der Waals surface area contributed by atoms with Gasteiger partial charge in [0.25, 0.3) is 0 Å². The highest BCUT2D eigenvalue weighted by molar-refractivity contribution is 5.93. The SMILES string of the molecule is COC1=C(C)C(=O)OC1=C1OC2=CCCN3[C@H](C[C@H](Cc4ccccc4)C[C@H]3[C@@H](O)CCC3(C(C)C)CCCC3)[C@@H]2[C@H]1C. The van der Waals surface area contributed by atoms with Gasteiger partial charge >= 0.3 is 5.97 Å². The minimum atomic E-state index is -0.372. The Hall–Kier alpha value is -2.57. The lowest BCUT2D eigenvalue weighted by molar-refractivity contribution is -0.133. The number of benzene rings is 1. The Morgan fingerprint density at radius 3 is 2.56 bits per heavy atom. The molecule has 6 nitrogen and oxygen atoms in total. The number of hydrogen-bond acceptors (Lipinski definition) is 6. The molecule has 0 bridgehead atoms. The summed E-state index contributed by atoms with van der Waals surface area (Å²) in [5.41, 5.74) is 2.23. The molecule has 0 radical (unpaired) electrons. The van der Waals surface area contributed by atoms with E-state index in [1.165, 1.54) is 31.2 Å². The van der Waals surface area contributed by atoms with E-state index in [2.05, 4.69) is 62.1 Å². The van der Waals surface area contributed by atoms with Crippen LogP contribution >= 0.6 is 0 Å². The Morgan fingerprint density at radius 2 is 1.86 bits per heavy atom. The van der Waals surface area contributed by atoms with E-state index in [0.717, 1.165) is 50.8 Å². The van der Waals surface area contributed by atoms with Gasteiger partial charge in [-0.25, -0.2) is 4.79 Å². The average Bonchev–Trinajstić information content (AvgIpc) is 3.65. The van der Waals surface area contributed by atoms with E-state index in [0.29, 0.717) is 40.1 Å². The van der Waals surface area contributed by atoms with E-state index in [9.17, 15) is 9.90 Å². The molecule has 1 saturated carbocycles. The van der Waals surface area contributed by atoms with Crippen LogP contribution in [0.2, 0.25) is 0 Å². The lowest BCUT2D eigenvalue weighted by Gasteiger charge is -2.49. The smallest absolute Gasteiger partial charge is 0.343 e. The number of cyclic esters (lactones) is 1. The second kappa shape index (κ2) is 12.4. The molecule has 4 aliphatic heterocycles. The molecule has 1 N–H and O–H groups in total. The first-order valence-electron chi connectivity index (χ1n) is 16.8. The van der Waals surface area contributed by atoms with Crippen molar-refractivity contribution in [3.63, 3.8) is 0 Å². The fraction of sp³-hybridized carbons (Fsp3) is 0.649. The molecule has 2 saturated heterocycles. The number of aliphatic hydroxyl groups is 1. The molecule has 1 aliphatic carbocycles. The Kier molecular flexibility index (Phi) is 8.81. The number of rotatable bonds is 8. The Morgan fingerprint density at radius 1 is 1.12 bits per heavy atom. The summed E-state index contributed by atoms with van der Waals surface area (Å²) in [5, 5.41) is 12.0. The number of hydrogen-bond donors (Lipinski definition) is 1. The molecule has 0 spiro atoms. The van der Waals surface area contributed by atoms with Crippen molar-refractivity contribution in [2.24, 2.45) is 29.1 Å². The van der Waals surface area contributed by atoms with E-state index >= 15 is 0 Å². The van der Waals surface area contributed by atoms with Gasteiger partial charge in [-0.05, 0) is 87.2 Å². The molecule has 43 heavy (non-hydrogen) atoms. The van der Waals surface area contributed by atoms with Gasteiger partial charge in [0.05, 0.1) is 18.8 Å². The molecule has 0 aromatic heterocycles. The maximum Gasteiger partial charge on any atom is 0.343 e. The van der Waals surface area contributed by atoms with E-state index in [1.54, 1.807) is 14.0 Å². The number of ether oxygens (including phenoxy) is 3. The minimum Gasteiger partial charge on any atom is -0.492 e. The summed E-state index contributed by atoms with van der Waals surface area (Å²) in [5.74, 6) is 3.49. The predicted molar refractivity (Wildman–Crippen MR) is 167 cm³/mol. The summed E-state index contributed by atoms with van der Waals surface area (Å²) in [6.45, 7) is 9.63. The van der Waals surface area contributed by atoms with Crippen LogP contribution in [0.5, 0.6) is 0 Å². The molecule has 5 aliphatic rings. The number of piperidine rings is 1. The summed E-state index contributed by atoms with van der Waals surface area (Å²) in [6.07, 6.45) is 13.1. The molecule has 6 heteroatoms. The zero-order chi connectivity index (χ0) is 30.3. The summed E-state index contributed by atoms with van der Waals surface area (Å²) < 4.78 is 17.9. The van der Waals surface area contributed by atoms with Gasteiger partial charge < -0.3 is 19.3 Å². The average molecular weight is 590 g/mol. The Labute approximate surface area is 258 Å². The van der Waals surface area contributed by atoms with Crippen molar-refractivity contribution in [1.29, 1.82) is 0 Å². The first kappa shape index (κ1) is 30.5. The third-order valence-corrected chi connectivity index (χ3v) is 11.7. The number of aliphatic hydroxyl groups excluding tert-OH is 1. The zero-order valence-electron chi connectivity index (χ0n) is 26.8. The maximum absolute atomic E-state index is 12.5. The molecule has 6 atom stereocenters. The molecule has 0 unspecified atom stereocenters. The largest absolute Gasteiger partial charge is 0.492 e. The van der Waals surface area contributed by atoms with Crippen molar-refractivity contribution < 1.29 is 24.1 Å². The minimum absolute atomic E-state index is 0.0201. The van der Waals surface area contributed by atoms with E-state index in [4.69, 9.17) is 14.2 Å². The van der Waals surface area contributed by atoms with Crippen LogP contribution in [0.3, 0.4) is 0 Å². The lowest BCUT2D eigenvalue weighted by Crippen LogP contribution is -2.57. The molecule has 4 heterocycles. The standard InChI is InChI=1S/C37H51NO5/c1-23(2)37(16-9-10-17-37)18-15-30(39)28-21-27(20-26-12-7-6-8-13-26)22-29-32-24(3)34(42-31(32)14-11-19-38(28)29)35-33(41-5)25(4)36(40)43-35/h6-8,12-14,23-24,27-30,32,39H,9-11,15-22H2,1-5H3/t24-,27-,28+,29-,30+,32+/m1/s1. The number of allylic oxidation sites excluding steroid dienone is 1. The second-order valence-electron chi connectivity index (χ2n) is 14.3. The fourth-order valence-electron chi connectivity index (χ4n) is 9.19. The normalized spacial score (nSPS) is 33.0. The van der Waals surface area contributed by atoms with E-state index in [1.807, 2.05) is 0 Å². The van der Waals surface area contributed by atoms with Crippen molar-refractivity contribution >= 4 is 5.97 Å². The van der Waals surface area contributed by atoms with Crippen LogP contribution in [0, 0.1) is 29.1 Å². The summed E-state index contributed by atoms with van der Waals surface area (Å²) in [6, 6.07) is 11.2. The highest BCUT2D eigenvalue weighted by Crippen LogP contribution is 2.52. The van der Waals surface area contributed by atoms with Gasteiger partial charge in [-0.2, -0.15) is 0 Å². The number of methoxy groups -OCH3 is 1. The van der Waals surface area contributed by atoms with Gasteiger partial charge in [0.15, 0.2) is 11.5 Å². The van der Waals surface area contributed by atoms with E-state index < -0.39 is 0 Å². The quantitative estimate of drug-likeness (QED) is 0.321. The van der Waals surface area contributed by atoms with Gasteiger partial charge in [0, 0.05) is 30.5 Å². The predicted octanol–water partition coefficient (Wildman–Crippen LogP) is 7.29. The van der Waals surface area contributed by atoms with Crippen molar-refractivity contribution in [1.82, 2.24) is 4.90 Å². The first-order chi connectivity index (χ1) is 20.7. The van der Waals surface area contributed by atoms with Crippen LogP contribution in [-0.2, 0) is 25.4 Å². The van der Waals surface area contributed by atoms with E-state index in [-0.39, 0.29) is 36.0 Å². The third kappa shape index (κ3) is 5.70. The second-order valence-corrected chi connectivity index (χ2v) is 14.3. The van der Waals surface area contributed by atoms with Crippen LogP contribution < -0.4 is 0 Å². The molecule has 1 aromatic carbocycles. The van der Waals surface area contributed by atoms with Crippen LogP contribution in [0.1, 0.15) is 91.0 Å². The Balaban J connectivity index is 1.30. The van der Waals surface area contributed by atoms with Crippen molar-refractivity contribution in [2.75, 3.05) is 13.7 Å². The van der Waals surface area contributed by atoms with Crippen LogP contribution in [0.15, 0.2) is 65.0 Å². The van der Waals surface area contributed by atoms with Gasteiger partial charge in [0.1, 0.15) is 5.76 Å². The molecular formula is C37H51NO5. The fourth-order valence-corrected chi connectivity index (χ4v) is 9.19. The maximum atomic E-state index is 12.5. The van der Waals surface area contributed by atoms with Gasteiger partial charge in [-0.1, -0.05) is 63.9 Å². The molecular weight excluding hydrogens is 538 g/mol. The first-order valence-corrected chi connectivity index (χ1v) is 16.8. The summed E-state index contributed by atoms with van der Waals surface area (Å²) >= 11 is 0. The van der Waals surface area contributed by atoms with Crippen molar-refractivity contribution in [2.45, 2.75) is 110 Å². The molecule has 0 amide bonds. The van der Waals surface area contributed by atoms with Gasteiger partial charge in [0.2, 0.25) is 5.76 Å². The molecule has 3 fully saturated rings. The number of fused-ring (bicyclic) bond motifs is 3. The highest BCUT2D eigenvalue weighted by Gasteiger charge is 2.51. The molecule has 234 valence electrons. The summed E-state index contributed by atoms with van der Waals surface area (Å²) in [4.78, 5) is 15.1. The lowest BCUT2D eigenvalue weighted by atomic mass is 9.70. The highest BCUT2D eigenvalue weighted by atomic mass is 16.6. The number of carbonyl (C=O) groups is 1. The van der Waals surface area contributed by atoms with Crippen LogP contribution in [0.4, 0.5) is 0 Å². The summed E-state index contributed by atoms with van der Waals surface area (Å²) in [7, 11) is 1.58. The molecule has 1 aromatic rings. The third-order valence-electron chi connectivity index (χ3n) is 11.7. The van der Waals surface area contributed by atoms with Crippen molar-refractivity contribution in [3.05, 3.63) is 70.6 Å². The van der Waals surface area contributed by atoms with Gasteiger partial charge in [-0.3, -0.25) is 4.90 Å². The molecule has 6 rings (SSSR count). The zero-order valence-corrected chi connectivity index (χ0v) is 26.8. The number of esters is 1.